The van der Waals surface area contributed by atoms with Crippen molar-refractivity contribution in [2.75, 3.05) is 6.54 Å². The van der Waals surface area contributed by atoms with Gasteiger partial charge in [-0.2, -0.15) is 0 Å². The van der Waals surface area contributed by atoms with Gasteiger partial charge in [0.25, 0.3) is 0 Å². The van der Waals surface area contributed by atoms with Crippen molar-refractivity contribution in [2.24, 2.45) is 11.3 Å². The van der Waals surface area contributed by atoms with Gasteiger partial charge < -0.3 is 5.32 Å². The monoisotopic (exact) mass is 260 g/mol. The third-order valence-corrected chi connectivity index (χ3v) is 4.66. The van der Waals surface area contributed by atoms with Crippen molar-refractivity contribution in [3.05, 3.63) is 30.1 Å². The van der Waals surface area contributed by atoms with E-state index in [0.717, 1.165) is 18.9 Å². The Bertz CT molecular complexity index is 372. The van der Waals surface area contributed by atoms with Crippen LogP contribution >= 0.6 is 0 Å². The molecule has 19 heavy (non-hydrogen) atoms. The summed E-state index contributed by atoms with van der Waals surface area (Å²) < 4.78 is 0. The van der Waals surface area contributed by atoms with Crippen LogP contribution < -0.4 is 5.32 Å². The zero-order chi connectivity index (χ0) is 13.7. The van der Waals surface area contributed by atoms with E-state index in [1.54, 1.807) is 0 Å². The van der Waals surface area contributed by atoms with Crippen molar-refractivity contribution in [2.45, 2.75) is 58.9 Å². The first-order chi connectivity index (χ1) is 9.13. The minimum atomic E-state index is 0.480. The summed E-state index contributed by atoms with van der Waals surface area (Å²) in [4.78, 5) is 4.25. The quantitative estimate of drug-likeness (QED) is 0.841. The molecule has 1 aromatic heterocycles. The van der Waals surface area contributed by atoms with Gasteiger partial charge in [-0.25, -0.2) is 0 Å². The lowest BCUT2D eigenvalue weighted by Gasteiger charge is -2.35. The van der Waals surface area contributed by atoms with Gasteiger partial charge in [0.15, 0.2) is 0 Å². The lowest BCUT2D eigenvalue weighted by atomic mass is 9.76. The summed E-state index contributed by atoms with van der Waals surface area (Å²) in [6, 6.07) is 4.85. The van der Waals surface area contributed by atoms with Crippen molar-refractivity contribution in [1.82, 2.24) is 10.3 Å². The highest BCUT2D eigenvalue weighted by Gasteiger charge is 2.39. The van der Waals surface area contributed by atoms with Crippen LogP contribution in [-0.2, 0) is 6.42 Å². The molecule has 2 nitrogen and oxygen atoms in total. The minimum Gasteiger partial charge on any atom is -0.313 e. The van der Waals surface area contributed by atoms with E-state index in [1.165, 1.54) is 31.2 Å². The van der Waals surface area contributed by atoms with E-state index in [-0.39, 0.29) is 0 Å². The third-order valence-electron chi connectivity index (χ3n) is 4.66. The molecule has 0 radical (unpaired) electrons. The Kier molecular flexibility index (Phi) is 4.98. The summed E-state index contributed by atoms with van der Waals surface area (Å²) in [5.41, 5.74) is 1.84. The molecule has 0 bridgehead atoms. The standard InChI is InChI=1S/C17H28N2/c1-4-10-19-16(12-14-7-6-11-18-13-14)15-8-5-9-17(15,2)3/h6-7,11,13,15-16,19H,4-5,8-10,12H2,1-3H3. The summed E-state index contributed by atoms with van der Waals surface area (Å²) in [6.45, 7) is 8.24. The first-order valence-electron chi connectivity index (χ1n) is 7.76. The fourth-order valence-electron chi connectivity index (χ4n) is 3.56. The van der Waals surface area contributed by atoms with Crippen LogP contribution in [0.5, 0.6) is 0 Å². The molecule has 1 aliphatic rings. The van der Waals surface area contributed by atoms with Crippen LogP contribution in [0.15, 0.2) is 24.5 Å². The molecule has 2 rings (SSSR count). The Morgan fingerprint density at radius 1 is 1.47 bits per heavy atom. The van der Waals surface area contributed by atoms with Crippen LogP contribution in [0.25, 0.3) is 0 Å². The van der Waals surface area contributed by atoms with Gasteiger partial charge >= 0.3 is 0 Å². The molecule has 2 atom stereocenters. The maximum Gasteiger partial charge on any atom is 0.0300 e. The zero-order valence-corrected chi connectivity index (χ0v) is 12.7. The largest absolute Gasteiger partial charge is 0.313 e. The van der Waals surface area contributed by atoms with E-state index >= 15 is 0 Å². The third kappa shape index (κ3) is 3.79. The lowest BCUT2D eigenvalue weighted by Crippen LogP contribution is -2.42. The van der Waals surface area contributed by atoms with Crippen molar-refractivity contribution < 1.29 is 0 Å². The fourth-order valence-corrected chi connectivity index (χ4v) is 3.56. The van der Waals surface area contributed by atoms with E-state index in [2.05, 4.69) is 37.1 Å². The van der Waals surface area contributed by atoms with Crippen LogP contribution in [0.2, 0.25) is 0 Å². The van der Waals surface area contributed by atoms with Gasteiger partial charge in [0, 0.05) is 18.4 Å². The Balaban J connectivity index is 2.07. The molecule has 0 spiro atoms. The number of rotatable bonds is 6. The number of pyridine rings is 1. The number of nitrogens with one attached hydrogen (secondary N) is 1. The second-order valence-corrected chi connectivity index (χ2v) is 6.61. The Morgan fingerprint density at radius 2 is 2.32 bits per heavy atom. The second-order valence-electron chi connectivity index (χ2n) is 6.61. The Labute approximate surface area is 118 Å². The lowest BCUT2D eigenvalue weighted by molar-refractivity contribution is 0.195. The Morgan fingerprint density at radius 3 is 2.89 bits per heavy atom. The molecule has 1 aromatic rings. The molecule has 0 aromatic carbocycles. The zero-order valence-electron chi connectivity index (χ0n) is 12.7. The van der Waals surface area contributed by atoms with Crippen LogP contribution in [0.4, 0.5) is 0 Å². The van der Waals surface area contributed by atoms with Gasteiger partial charge in [-0.1, -0.05) is 33.3 Å². The maximum atomic E-state index is 4.25. The smallest absolute Gasteiger partial charge is 0.0300 e. The minimum absolute atomic E-state index is 0.480. The number of hydrogen-bond acceptors (Lipinski definition) is 2. The van der Waals surface area contributed by atoms with Crippen LogP contribution in [0.3, 0.4) is 0 Å². The van der Waals surface area contributed by atoms with Gasteiger partial charge in [-0.05, 0) is 55.2 Å². The summed E-state index contributed by atoms with van der Waals surface area (Å²) in [5.74, 6) is 0.791. The van der Waals surface area contributed by atoms with Crippen molar-refractivity contribution in [1.29, 1.82) is 0 Å². The van der Waals surface area contributed by atoms with Gasteiger partial charge in [0.2, 0.25) is 0 Å². The fraction of sp³-hybridized carbons (Fsp3) is 0.706. The van der Waals surface area contributed by atoms with Crippen molar-refractivity contribution in [3.63, 3.8) is 0 Å². The van der Waals surface area contributed by atoms with Crippen LogP contribution in [0, 0.1) is 11.3 Å². The van der Waals surface area contributed by atoms with Gasteiger partial charge in [0.1, 0.15) is 0 Å². The molecule has 106 valence electrons. The van der Waals surface area contributed by atoms with Crippen molar-refractivity contribution >= 4 is 0 Å². The van der Waals surface area contributed by atoms with Crippen LogP contribution in [-0.4, -0.2) is 17.6 Å². The summed E-state index contributed by atoms with van der Waals surface area (Å²) in [7, 11) is 0. The molecule has 0 saturated heterocycles. The molecule has 1 fully saturated rings. The normalized spacial score (nSPS) is 23.4. The summed E-state index contributed by atoms with van der Waals surface area (Å²) in [6.07, 6.45) is 10.3. The predicted octanol–water partition coefficient (Wildman–Crippen LogP) is 3.82. The van der Waals surface area contributed by atoms with E-state index in [1.807, 2.05) is 18.5 Å². The molecule has 0 amide bonds. The molecule has 2 heteroatoms. The molecule has 1 heterocycles. The highest BCUT2D eigenvalue weighted by molar-refractivity contribution is 5.11. The Hall–Kier alpha value is -0.890. The van der Waals surface area contributed by atoms with Gasteiger partial charge in [-0.15, -0.1) is 0 Å². The van der Waals surface area contributed by atoms with E-state index in [4.69, 9.17) is 0 Å². The van der Waals surface area contributed by atoms with E-state index in [9.17, 15) is 0 Å². The SMILES string of the molecule is CCCNC(Cc1cccnc1)C1CCCC1(C)C. The van der Waals surface area contributed by atoms with Gasteiger partial charge in [-0.3, -0.25) is 4.98 Å². The first kappa shape index (κ1) is 14.5. The van der Waals surface area contributed by atoms with Crippen molar-refractivity contribution in [3.8, 4) is 0 Å². The van der Waals surface area contributed by atoms with Gasteiger partial charge in [0.05, 0.1) is 0 Å². The van der Waals surface area contributed by atoms with E-state index < -0.39 is 0 Å². The molecule has 2 unspecified atom stereocenters. The molecule has 0 aliphatic heterocycles. The molecule has 1 N–H and O–H groups in total. The highest BCUT2D eigenvalue weighted by atomic mass is 14.9. The summed E-state index contributed by atoms with van der Waals surface area (Å²) in [5, 5.41) is 3.79. The summed E-state index contributed by atoms with van der Waals surface area (Å²) >= 11 is 0. The van der Waals surface area contributed by atoms with Crippen LogP contribution in [0.1, 0.15) is 52.0 Å². The number of nitrogens with zero attached hydrogens (tertiary/aromatic N) is 1. The molecule has 1 aliphatic carbocycles. The molecule has 1 saturated carbocycles. The average molecular weight is 260 g/mol. The topological polar surface area (TPSA) is 24.9 Å². The van der Waals surface area contributed by atoms with E-state index in [0.29, 0.717) is 11.5 Å². The number of aromatic nitrogens is 1. The number of hydrogen-bond donors (Lipinski definition) is 1. The predicted molar refractivity (Wildman–Crippen MR) is 81.1 cm³/mol. The highest BCUT2D eigenvalue weighted by Crippen LogP contribution is 2.44. The average Bonchev–Trinajstić information content (AvgIpc) is 2.75. The molecular formula is C17H28N2. The first-order valence-corrected chi connectivity index (χ1v) is 7.76. The molecular weight excluding hydrogens is 232 g/mol. The maximum absolute atomic E-state index is 4.25. The second kappa shape index (κ2) is 6.51.